The molecule has 1 aromatic heterocycles. The first-order valence-electron chi connectivity index (χ1n) is 7.33. The number of methoxy groups -OCH3 is 1. The fraction of sp³-hybridized carbons (Fsp3) is 0.0526. The van der Waals surface area contributed by atoms with Crippen molar-refractivity contribution in [2.75, 3.05) is 7.11 Å². The van der Waals surface area contributed by atoms with Crippen molar-refractivity contribution in [3.63, 3.8) is 0 Å². The summed E-state index contributed by atoms with van der Waals surface area (Å²) in [5.41, 5.74) is 3.48. The van der Waals surface area contributed by atoms with Crippen LogP contribution in [-0.4, -0.2) is 24.0 Å². The molecule has 0 bridgehead atoms. The maximum absolute atomic E-state index is 11.7. The Balaban J connectivity index is 1.82. The Kier molecular flexibility index (Phi) is 4.77. The van der Waals surface area contributed by atoms with Crippen LogP contribution in [0.5, 0.6) is 0 Å². The summed E-state index contributed by atoms with van der Waals surface area (Å²) in [6.07, 6.45) is 3.22. The topological polar surface area (TPSA) is 43.6 Å². The van der Waals surface area contributed by atoms with Crippen LogP contribution in [0.1, 0.15) is 16.1 Å². The second-order valence-electron chi connectivity index (χ2n) is 5.11. The molecule has 5 heteroatoms. The normalized spacial score (nSPS) is 10.9. The van der Waals surface area contributed by atoms with E-state index in [1.807, 2.05) is 42.5 Å². The van der Waals surface area contributed by atoms with Crippen molar-refractivity contribution in [1.82, 2.24) is 4.68 Å². The van der Waals surface area contributed by atoms with Crippen LogP contribution >= 0.6 is 11.6 Å². The molecular formula is C19H15ClN2O2. The number of nitrogens with zero attached hydrogens (tertiary/aromatic N) is 2. The Labute approximate surface area is 145 Å². The highest BCUT2D eigenvalue weighted by Gasteiger charge is 2.12. The zero-order chi connectivity index (χ0) is 16.9. The zero-order valence-electron chi connectivity index (χ0n) is 13.0. The molecule has 2 aromatic carbocycles. The average Bonchev–Trinajstić information content (AvgIpc) is 3.01. The van der Waals surface area contributed by atoms with Gasteiger partial charge < -0.3 is 4.74 Å². The largest absolute Gasteiger partial charge is 0.464 e. The van der Waals surface area contributed by atoms with Gasteiger partial charge in [-0.25, -0.2) is 9.47 Å². The standard InChI is InChI=1S/C19H15ClN2O2/c1-24-19(23)18-11-17(20)13-22(18)21-12-14-7-9-16(10-8-14)15-5-3-2-4-6-15/h2-13H,1H3. The number of benzene rings is 2. The lowest BCUT2D eigenvalue weighted by molar-refractivity contribution is 0.0589. The van der Waals surface area contributed by atoms with Gasteiger partial charge in [-0.05, 0) is 22.8 Å². The minimum Gasteiger partial charge on any atom is -0.464 e. The van der Waals surface area contributed by atoms with Gasteiger partial charge >= 0.3 is 5.97 Å². The predicted molar refractivity (Wildman–Crippen MR) is 95.7 cm³/mol. The lowest BCUT2D eigenvalue weighted by atomic mass is 10.0. The highest BCUT2D eigenvalue weighted by molar-refractivity contribution is 6.31. The van der Waals surface area contributed by atoms with E-state index in [2.05, 4.69) is 17.2 Å². The lowest BCUT2D eigenvalue weighted by Crippen LogP contribution is -2.06. The molecule has 3 rings (SSSR count). The van der Waals surface area contributed by atoms with Crippen molar-refractivity contribution in [2.45, 2.75) is 0 Å². The quantitative estimate of drug-likeness (QED) is 0.520. The second-order valence-corrected chi connectivity index (χ2v) is 5.55. The van der Waals surface area contributed by atoms with Crippen molar-refractivity contribution < 1.29 is 9.53 Å². The second kappa shape index (κ2) is 7.15. The Bertz CT molecular complexity index is 868. The number of aromatic nitrogens is 1. The van der Waals surface area contributed by atoms with Gasteiger partial charge in [-0.15, -0.1) is 0 Å². The molecule has 4 nitrogen and oxygen atoms in total. The van der Waals surface area contributed by atoms with Crippen LogP contribution in [0.3, 0.4) is 0 Å². The molecule has 0 saturated heterocycles. The summed E-state index contributed by atoms with van der Waals surface area (Å²) in [7, 11) is 1.32. The molecule has 0 spiro atoms. The van der Waals surface area contributed by atoms with E-state index in [1.165, 1.54) is 17.9 Å². The van der Waals surface area contributed by atoms with Gasteiger partial charge in [0.2, 0.25) is 0 Å². The number of carbonyl (C=O) groups excluding carboxylic acids is 1. The molecule has 3 aromatic rings. The van der Waals surface area contributed by atoms with E-state index < -0.39 is 5.97 Å². The van der Waals surface area contributed by atoms with Gasteiger partial charge in [0.05, 0.1) is 18.3 Å². The number of hydrogen-bond donors (Lipinski definition) is 0. The highest BCUT2D eigenvalue weighted by atomic mass is 35.5. The summed E-state index contributed by atoms with van der Waals surface area (Å²) in [5.74, 6) is -0.488. The fourth-order valence-electron chi connectivity index (χ4n) is 2.29. The number of halogens is 1. The SMILES string of the molecule is COC(=O)c1cc(Cl)cn1N=Cc1ccc(-c2ccccc2)cc1. The van der Waals surface area contributed by atoms with Crippen LogP contribution in [0, 0.1) is 0 Å². The molecule has 0 aliphatic heterocycles. The summed E-state index contributed by atoms with van der Waals surface area (Å²) >= 11 is 5.93. The molecule has 0 amide bonds. The van der Waals surface area contributed by atoms with Crippen molar-refractivity contribution >= 4 is 23.8 Å². The first-order valence-corrected chi connectivity index (χ1v) is 7.71. The average molecular weight is 339 g/mol. The maximum atomic E-state index is 11.7. The van der Waals surface area contributed by atoms with Gasteiger partial charge in [0.15, 0.2) is 5.69 Å². The van der Waals surface area contributed by atoms with E-state index in [-0.39, 0.29) is 5.69 Å². The van der Waals surface area contributed by atoms with Crippen LogP contribution in [0.4, 0.5) is 0 Å². The highest BCUT2D eigenvalue weighted by Crippen LogP contribution is 2.19. The Morgan fingerprint density at radius 3 is 2.42 bits per heavy atom. The molecule has 0 atom stereocenters. The molecule has 120 valence electrons. The molecule has 24 heavy (non-hydrogen) atoms. The van der Waals surface area contributed by atoms with Crippen LogP contribution in [-0.2, 0) is 4.74 Å². The summed E-state index contributed by atoms with van der Waals surface area (Å²) in [6, 6.07) is 19.6. The molecule has 1 heterocycles. The van der Waals surface area contributed by atoms with Gasteiger partial charge in [0, 0.05) is 6.20 Å². The zero-order valence-corrected chi connectivity index (χ0v) is 13.8. The monoisotopic (exact) mass is 338 g/mol. The van der Waals surface area contributed by atoms with Crippen LogP contribution < -0.4 is 0 Å². The van der Waals surface area contributed by atoms with Gasteiger partial charge in [-0.2, -0.15) is 5.10 Å². The van der Waals surface area contributed by atoms with Crippen molar-refractivity contribution in [3.8, 4) is 11.1 Å². The molecule has 0 saturated carbocycles. The molecular weight excluding hydrogens is 324 g/mol. The lowest BCUT2D eigenvalue weighted by Gasteiger charge is -2.03. The fourth-order valence-corrected chi connectivity index (χ4v) is 2.49. The first kappa shape index (κ1) is 16.0. The summed E-state index contributed by atoms with van der Waals surface area (Å²) < 4.78 is 6.12. The van der Waals surface area contributed by atoms with Gasteiger partial charge in [-0.1, -0.05) is 66.2 Å². The van der Waals surface area contributed by atoms with E-state index in [1.54, 1.807) is 12.4 Å². The van der Waals surface area contributed by atoms with E-state index in [0.717, 1.165) is 16.7 Å². The van der Waals surface area contributed by atoms with Gasteiger partial charge in [0.25, 0.3) is 0 Å². The number of esters is 1. The van der Waals surface area contributed by atoms with Crippen molar-refractivity contribution in [1.29, 1.82) is 0 Å². The summed E-state index contributed by atoms with van der Waals surface area (Å²) in [4.78, 5) is 11.7. The van der Waals surface area contributed by atoms with Crippen LogP contribution in [0.15, 0.2) is 72.0 Å². The van der Waals surface area contributed by atoms with Crippen molar-refractivity contribution in [3.05, 3.63) is 83.1 Å². The third-order valence-corrected chi connectivity index (χ3v) is 3.72. The van der Waals surface area contributed by atoms with Gasteiger partial charge in [-0.3, -0.25) is 0 Å². The van der Waals surface area contributed by atoms with E-state index in [9.17, 15) is 4.79 Å². The predicted octanol–water partition coefficient (Wildman–Crippen LogP) is 4.48. The molecule has 0 fully saturated rings. The third kappa shape index (κ3) is 3.55. The Morgan fingerprint density at radius 1 is 1.08 bits per heavy atom. The Morgan fingerprint density at radius 2 is 1.75 bits per heavy atom. The van der Waals surface area contributed by atoms with Crippen LogP contribution in [0.25, 0.3) is 11.1 Å². The molecule has 0 aliphatic rings. The first-order chi connectivity index (χ1) is 11.7. The number of hydrogen-bond acceptors (Lipinski definition) is 3. The van der Waals surface area contributed by atoms with Crippen LogP contribution in [0.2, 0.25) is 5.02 Å². The summed E-state index contributed by atoms with van der Waals surface area (Å²) in [6.45, 7) is 0. The van der Waals surface area contributed by atoms with Crippen molar-refractivity contribution in [2.24, 2.45) is 5.10 Å². The molecule has 0 aliphatic carbocycles. The molecule has 0 N–H and O–H groups in total. The van der Waals surface area contributed by atoms with E-state index in [0.29, 0.717) is 5.02 Å². The summed E-state index contributed by atoms with van der Waals surface area (Å²) in [5, 5.41) is 4.70. The Hall–Kier alpha value is -2.85. The molecule has 0 unspecified atom stereocenters. The van der Waals surface area contributed by atoms with Gasteiger partial charge in [0.1, 0.15) is 0 Å². The molecule has 0 radical (unpaired) electrons. The maximum Gasteiger partial charge on any atom is 0.356 e. The minimum absolute atomic E-state index is 0.277. The minimum atomic E-state index is -0.488. The third-order valence-electron chi connectivity index (χ3n) is 3.51. The van der Waals surface area contributed by atoms with E-state index >= 15 is 0 Å². The number of carbonyl (C=O) groups is 1. The van der Waals surface area contributed by atoms with E-state index in [4.69, 9.17) is 16.3 Å². The smallest absolute Gasteiger partial charge is 0.356 e. The number of rotatable bonds is 4. The number of ether oxygens (including phenoxy) is 1.